The molecule has 2 aromatic rings. The van der Waals surface area contributed by atoms with Crippen LogP contribution in [0.15, 0.2) is 24.5 Å². The van der Waals surface area contributed by atoms with E-state index in [1.807, 2.05) is 0 Å². The number of nitrogens with one attached hydrogen (secondary N) is 2. The smallest absolute Gasteiger partial charge is 0.254 e. The molecule has 0 fully saturated rings. The fourth-order valence-electron chi connectivity index (χ4n) is 1.41. The molecule has 2 rings (SSSR count). The van der Waals surface area contributed by atoms with Gasteiger partial charge in [0.05, 0.1) is 5.56 Å². The standard InChI is InChI=1S/C11H10Cl2N4O/c12-8-2-1-7(10(13)17-8)11(18)16-4-3-9-14-5-6-15-9/h1-2,5-6H,3-4H2,(H,14,15)(H,16,18). The van der Waals surface area contributed by atoms with Gasteiger partial charge in [-0.1, -0.05) is 23.2 Å². The molecule has 0 unspecified atom stereocenters. The molecule has 0 aliphatic rings. The van der Waals surface area contributed by atoms with Crippen molar-refractivity contribution >= 4 is 29.1 Å². The van der Waals surface area contributed by atoms with Crippen molar-refractivity contribution in [1.29, 1.82) is 0 Å². The average molecular weight is 285 g/mol. The summed E-state index contributed by atoms with van der Waals surface area (Å²) in [7, 11) is 0. The number of rotatable bonds is 4. The van der Waals surface area contributed by atoms with Crippen LogP contribution in [0.2, 0.25) is 10.3 Å². The highest BCUT2D eigenvalue weighted by molar-refractivity contribution is 6.34. The van der Waals surface area contributed by atoms with Gasteiger partial charge in [-0.25, -0.2) is 9.97 Å². The summed E-state index contributed by atoms with van der Waals surface area (Å²) in [5.74, 6) is 0.534. The Labute approximate surface area is 114 Å². The Morgan fingerprint density at radius 1 is 1.39 bits per heavy atom. The molecule has 0 atom stereocenters. The van der Waals surface area contributed by atoms with E-state index < -0.39 is 0 Å². The van der Waals surface area contributed by atoms with Gasteiger partial charge >= 0.3 is 0 Å². The molecule has 0 saturated carbocycles. The lowest BCUT2D eigenvalue weighted by Crippen LogP contribution is -2.26. The van der Waals surface area contributed by atoms with E-state index in [1.54, 1.807) is 18.5 Å². The summed E-state index contributed by atoms with van der Waals surface area (Å²) in [5, 5.41) is 3.08. The normalized spacial score (nSPS) is 10.3. The maximum absolute atomic E-state index is 11.8. The maximum Gasteiger partial charge on any atom is 0.254 e. The zero-order valence-corrected chi connectivity index (χ0v) is 10.8. The number of pyridine rings is 1. The number of hydrogen-bond donors (Lipinski definition) is 2. The van der Waals surface area contributed by atoms with Crippen LogP contribution in [0.3, 0.4) is 0 Å². The van der Waals surface area contributed by atoms with Crippen LogP contribution in [0.4, 0.5) is 0 Å². The van der Waals surface area contributed by atoms with Crippen LogP contribution in [-0.4, -0.2) is 27.4 Å². The van der Waals surface area contributed by atoms with Crippen molar-refractivity contribution in [1.82, 2.24) is 20.3 Å². The molecule has 5 nitrogen and oxygen atoms in total. The minimum atomic E-state index is -0.282. The summed E-state index contributed by atoms with van der Waals surface area (Å²) < 4.78 is 0. The van der Waals surface area contributed by atoms with Crippen LogP contribution in [-0.2, 0) is 6.42 Å². The van der Waals surface area contributed by atoms with Crippen molar-refractivity contribution in [2.45, 2.75) is 6.42 Å². The highest BCUT2D eigenvalue weighted by atomic mass is 35.5. The first-order valence-electron chi connectivity index (χ1n) is 5.25. The molecule has 2 heterocycles. The molecule has 0 aliphatic heterocycles. The molecule has 94 valence electrons. The lowest BCUT2D eigenvalue weighted by molar-refractivity contribution is 0.0954. The van der Waals surface area contributed by atoms with Gasteiger partial charge in [0.25, 0.3) is 5.91 Å². The average Bonchev–Trinajstić information content (AvgIpc) is 2.81. The number of carbonyl (C=O) groups is 1. The predicted octanol–water partition coefficient (Wildman–Crippen LogP) is 2.08. The van der Waals surface area contributed by atoms with Crippen LogP contribution >= 0.6 is 23.2 Å². The number of imidazole rings is 1. The summed E-state index contributed by atoms with van der Waals surface area (Å²) in [4.78, 5) is 22.6. The molecule has 1 amide bonds. The molecule has 7 heteroatoms. The van der Waals surface area contributed by atoms with Gasteiger partial charge in [0.2, 0.25) is 0 Å². The first-order valence-corrected chi connectivity index (χ1v) is 6.01. The molecule has 0 aliphatic carbocycles. The van der Waals surface area contributed by atoms with Gasteiger partial charge in [-0.2, -0.15) is 0 Å². The Balaban J connectivity index is 1.91. The van der Waals surface area contributed by atoms with Gasteiger partial charge in [0.15, 0.2) is 0 Å². The Kier molecular flexibility index (Phi) is 4.17. The first-order chi connectivity index (χ1) is 8.66. The van der Waals surface area contributed by atoms with E-state index in [4.69, 9.17) is 23.2 Å². The molecule has 2 N–H and O–H groups in total. The van der Waals surface area contributed by atoms with Crippen molar-refractivity contribution in [3.8, 4) is 0 Å². The van der Waals surface area contributed by atoms with Crippen molar-refractivity contribution in [2.75, 3.05) is 6.54 Å². The first kappa shape index (κ1) is 12.9. The molecule has 0 saturated heterocycles. The van der Waals surface area contributed by atoms with E-state index in [0.717, 1.165) is 5.82 Å². The van der Waals surface area contributed by atoms with E-state index in [1.165, 1.54) is 6.07 Å². The number of nitrogens with zero attached hydrogens (tertiary/aromatic N) is 2. The van der Waals surface area contributed by atoms with Crippen molar-refractivity contribution in [2.24, 2.45) is 0 Å². The summed E-state index contributed by atoms with van der Waals surface area (Å²) in [6, 6.07) is 3.06. The summed E-state index contributed by atoms with van der Waals surface area (Å²) in [6.45, 7) is 0.464. The SMILES string of the molecule is O=C(NCCc1ncc[nH]1)c1ccc(Cl)nc1Cl. The van der Waals surface area contributed by atoms with E-state index >= 15 is 0 Å². The van der Waals surface area contributed by atoms with Gasteiger partial charge in [-0.3, -0.25) is 4.79 Å². The van der Waals surface area contributed by atoms with Crippen molar-refractivity contribution < 1.29 is 4.79 Å². The number of aromatic nitrogens is 3. The largest absolute Gasteiger partial charge is 0.351 e. The molecule has 0 radical (unpaired) electrons. The second-order valence-electron chi connectivity index (χ2n) is 3.51. The molecule has 0 spiro atoms. The predicted molar refractivity (Wildman–Crippen MR) is 68.9 cm³/mol. The molecular formula is C11H10Cl2N4O. The second kappa shape index (κ2) is 5.84. The molecular weight excluding hydrogens is 275 g/mol. The third-order valence-corrected chi connectivity index (χ3v) is 2.76. The highest BCUT2D eigenvalue weighted by Gasteiger charge is 2.11. The zero-order valence-electron chi connectivity index (χ0n) is 9.28. The molecule has 18 heavy (non-hydrogen) atoms. The summed E-state index contributed by atoms with van der Waals surface area (Å²) in [6.07, 6.45) is 4.02. The van der Waals surface area contributed by atoms with Gasteiger partial charge in [0, 0.05) is 25.4 Å². The Bertz CT molecular complexity index is 542. The summed E-state index contributed by atoms with van der Waals surface area (Å²) >= 11 is 11.5. The van der Waals surface area contributed by atoms with Crippen molar-refractivity contribution in [3.63, 3.8) is 0 Å². The Morgan fingerprint density at radius 2 is 2.22 bits per heavy atom. The van der Waals surface area contributed by atoms with Gasteiger partial charge in [-0.15, -0.1) is 0 Å². The van der Waals surface area contributed by atoms with Gasteiger partial charge in [-0.05, 0) is 12.1 Å². The van der Waals surface area contributed by atoms with E-state index in [9.17, 15) is 4.79 Å². The topological polar surface area (TPSA) is 70.7 Å². The maximum atomic E-state index is 11.8. The molecule has 0 bridgehead atoms. The van der Waals surface area contributed by atoms with Gasteiger partial charge < -0.3 is 10.3 Å². The van der Waals surface area contributed by atoms with Gasteiger partial charge in [0.1, 0.15) is 16.1 Å². The number of amides is 1. The monoisotopic (exact) mass is 284 g/mol. The Hall–Kier alpha value is -1.59. The number of halogens is 2. The second-order valence-corrected chi connectivity index (χ2v) is 4.26. The minimum Gasteiger partial charge on any atom is -0.351 e. The van der Waals surface area contributed by atoms with Crippen LogP contribution in [0.1, 0.15) is 16.2 Å². The fraction of sp³-hybridized carbons (Fsp3) is 0.182. The van der Waals surface area contributed by atoms with E-state index in [2.05, 4.69) is 20.3 Å². The lowest BCUT2D eigenvalue weighted by Gasteiger charge is -2.05. The number of hydrogen-bond acceptors (Lipinski definition) is 3. The quantitative estimate of drug-likeness (QED) is 0.845. The third-order valence-electron chi connectivity index (χ3n) is 2.26. The number of aromatic amines is 1. The molecule has 0 aromatic carbocycles. The van der Waals surface area contributed by atoms with Crippen molar-refractivity contribution in [3.05, 3.63) is 46.2 Å². The number of H-pyrrole nitrogens is 1. The van der Waals surface area contributed by atoms with Crippen LogP contribution < -0.4 is 5.32 Å². The van der Waals surface area contributed by atoms with Crippen LogP contribution in [0, 0.1) is 0 Å². The van der Waals surface area contributed by atoms with E-state index in [-0.39, 0.29) is 16.2 Å². The van der Waals surface area contributed by atoms with Crippen LogP contribution in [0.25, 0.3) is 0 Å². The molecule has 2 aromatic heterocycles. The lowest BCUT2D eigenvalue weighted by atomic mass is 10.2. The minimum absolute atomic E-state index is 0.0954. The Morgan fingerprint density at radius 3 is 2.89 bits per heavy atom. The van der Waals surface area contributed by atoms with Crippen LogP contribution in [0.5, 0.6) is 0 Å². The fourth-order valence-corrected chi connectivity index (χ4v) is 1.84. The zero-order chi connectivity index (χ0) is 13.0. The summed E-state index contributed by atoms with van der Waals surface area (Å²) in [5.41, 5.74) is 0.306. The van der Waals surface area contributed by atoms with E-state index in [0.29, 0.717) is 18.5 Å². The number of carbonyl (C=O) groups excluding carboxylic acids is 1. The highest BCUT2D eigenvalue weighted by Crippen LogP contribution is 2.16. The third kappa shape index (κ3) is 3.21.